The second-order valence-electron chi connectivity index (χ2n) is 8.10. The fourth-order valence-corrected chi connectivity index (χ4v) is 4.80. The van der Waals surface area contributed by atoms with Crippen LogP contribution in [-0.2, 0) is 11.3 Å². The van der Waals surface area contributed by atoms with Crippen LogP contribution in [0, 0.1) is 0 Å². The number of amides is 1. The lowest BCUT2D eigenvalue weighted by Gasteiger charge is -2.19. The van der Waals surface area contributed by atoms with Gasteiger partial charge in [0, 0.05) is 5.56 Å². The number of thioether (sulfide) groups is 1. The van der Waals surface area contributed by atoms with Crippen LogP contribution >= 0.6 is 11.8 Å². The molecule has 2 heterocycles. The van der Waals surface area contributed by atoms with Crippen molar-refractivity contribution in [3.05, 3.63) is 84.4 Å². The third-order valence-electron chi connectivity index (χ3n) is 5.59. The summed E-state index contributed by atoms with van der Waals surface area (Å²) in [4.78, 5) is 16.8. The average molecular weight is 500 g/mol. The van der Waals surface area contributed by atoms with Crippen LogP contribution in [0.4, 0.5) is 0 Å². The second-order valence-corrected chi connectivity index (χ2v) is 9.27. The van der Waals surface area contributed by atoms with E-state index in [1.54, 1.807) is 11.8 Å². The zero-order valence-corrected chi connectivity index (χ0v) is 20.5. The molecule has 9 nitrogen and oxygen atoms in total. The Morgan fingerprint density at radius 2 is 1.78 bits per heavy atom. The number of ether oxygens (including phenoxy) is 1. The molecule has 5 rings (SSSR count). The highest BCUT2D eigenvalue weighted by molar-refractivity contribution is 8.14. The van der Waals surface area contributed by atoms with Crippen LogP contribution in [0.3, 0.4) is 0 Å². The van der Waals surface area contributed by atoms with Crippen LogP contribution in [0.15, 0.2) is 83.9 Å². The highest BCUT2D eigenvalue weighted by Crippen LogP contribution is 2.30. The number of rotatable bonds is 8. The first kappa shape index (κ1) is 23.7. The number of hydrogen-bond acceptors (Lipinski definition) is 7. The Balaban J connectivity index is 1.29. The molecule has 36 heavy (non-hydrogen) atoms. The Labute approximate surface area is 212 Å². The van der Waals surface area contributed by atoms with Crippen LogP contribution in [-0.4, -0.2) is 48.7 Å². The smallest absolute Gasteiger partial charge is 0.286 e. The minimum absolute atomic E-state index is 0.104. The number of para-hydroxylation sites is 1. The number of aliphatic imine (C=N–C) groups is 1. The standard InChI is InChI=1S/C26H25N7O2S/c1-2-24-30-33(26(36-24)27-23(34)17-35-20-8-4-3-5-9-20)16-18-12-14-19(15-13-18)21-10-6-7-11-22(21)25-28-31-32-29-25/h3-15,24,30H,2,16-17H2,1H3,(H,28,29,31,32). The van der Waals surface area contributed by atoms with Gasteiger partial charge in [-0.15, -0.1) is 10.2 Å². The molecule has 4 aromatic rings. The number of carbonyl (C=O) groups is 1. The number of aromatic nitrogens is 4. The van der Waals surface area contributed by atoms with Crippen molar-refractivity contribution >= 4 is 22.8 Å². The normalized spacial score (nSPS) is 16.4. The highest BCUT2D eigenvalue weighted by Gasteiger charge is 2.28. The van der Waals surface area contributed by atoms with Crippen molar-refractivity contribution in [3.8, 4) is 28.3 Å². The van der Waals surface area contributed by atoms with Gasteiger partial charge in [-0.3, -0.25) is 9.80 Å². The largest absolute Gasteiger partial charge is 0.484 e. The molecule has 1 atom stereocenters. The predicted molar refractivity (Wildman–Crippen MR) is 140 cm³/mol. The summed E-state index contributed by atoms with van der Waals surface area (Å²) in [6.45, 7) is 2.57. The van der Waals surface area contributed by atoms with E-state index in [-0.39, 0.29) is 17.9 Å². The summed E-state index contributed by atoms with van der Waals surface area (Å²) in [6.07, 6.45) is 0.903. The van der Waals surface area contributed by atoms with Crippen molar-refractivity contribution in [1.29, 1.82) is 0 Å². The lowest BCUT2D eigenvalue weighted by molar-refractivity contribution is -0.119. The fraction of sp³-hybridized carbons (Fsp3) is 0.192. The highest BCUT2D eigenvalue weighted by atomic mass is 32.2. The molecule has 182 valence electrons. The van der Waals surface area contributed by atoms with Gasteiger partial charge in [0.05, 0.1) is 11.9 Å². The van der Waals surface area contributed by atoms with Crippen LogP contribution in [0.2, 0.25) is 0 Å². The van der Waals surface area contributed by atoms with Gasteiger partial charge in [-0.2, -0.15) is 10.2 Å². The monoisotopic (exact) mass is 499 g/mol. The van der Waals surface area contributed by atoms with Crippen molar-refractivity contribution in [2.24, 2.45) is 4.99 Å². The Morgan fingerprint density at radius 3 is 2.50 bits per heavy atom. The first-order valence-electron chi connectivity index (χ1n) is 11.6. The summed E-state index contributed by atoms with van der Waals surface area (Å²) < 4.78 is 5.56. The molecule has 2 N–H and O–H groups in total. The van der Waals surface area contributed by atoms with Gasteiger partial charge in [-0.25, -0.2) is 5.43 Å². The number of aromatic amines is 1. The molecule has 1 amide bonds. The van der Waals surface area contributed by atoms with Crippen molar-refractivity contribution < 1.29 is 9.53 Å². The summed E-state index contributed by atoms with van der Waals surface area (Å²) in [5, 5.41) is 17.2. The number of benzene rings is 3. The first-order valence-corrected chi connectivity index (χ1v) is 12.5. The summed E-state index contributed by atoms with van der Waals surface area (Å²) in [7, 11) is 0. The number of tetrazole rings is 1. The van der Waals surface area contributed by atoms with Gasteiger partial charge in [-0.1, -0.05) is 85.4 Å². The van der Waals surface area contributed by atoms with Crippen molar-refractivity contribution in [2.75, 3.05) is 6.61 Å². The predicted octanol–water partition coefficient (Wildman–Crippen LogP) is 4.28. The Kier molecular flexibility index (Phi) is 7.34. The van der Waals surface area contributed by atoms with E-state index in [1.165, 1.54) is 0 Å². The molecule has 1 aliphatic heterocycles. The molecular weight excluding hydrogens is 474 g/mol. The third kappa shape index (κ3) is 5.61. The number of hydrogen-bond donors (Lipinski definition) is 2. The van der Waals surface area contributed by atoms with Crippen LogP contribution in [0.25, 0.3) is 22.5 Å². The van der Waals surface area contributed by atoms with E-state index >= 15 is 0 Å². The van der Waals surface area contributed by atoms with Gasteiger partial charge < -0.3 is 4.74 Å². The molecule has 3 aromatic carbocycles. The van der Waals surface area contributed by atoms with E-state index < -0.39 is 0 Å². The molecule has 1 aromatic heterocycles. The Morgan fingerprint density at radius 1 is 1.03 bits per heavy atom. The number of carbonyl (C=O) groups excluding carboxylic acids is 1. The van der Waals surface area contributed by atoms with Gasteiger partial charge in [0.25, 0.3) is 5.91 Å². The van der Waals surface area contributed by atoms with Gasteiger partial charge in [0.2, 0.25) is 5.82 Å². The fourth-order valence-electron chi connectivity index (χ4n) is 3.80. The van der Waals surface area contributed by atoms with Crippen LogP contribution in [0.1, 0.15) is 18.9 Å². The molecule has 0 radical (unpaired) electrons. The number of hydrazine groups is 1. The first-order chi connectivity index (χ1) is 17.7. The van der Waals surface area contributed by atoms with Crippen molar-refractivity contribution in [1.82, 2.24) is 31.1 Å². The lowest BCUT2D eigenvalue weighted by Crippen LogP contribution is -2.37. The van der Waals surface area contributed by atoms with Gasteiger partial charge in [0.15, 0.2) is 11.8 Å². The molecule has 1 fully saturated rings. The SMILES string of the molecule is CCC1NN(Cc2ccc(-c3ccccc3-c3nn[nH]n3)cc2)C(=NC(=O)COc2ccccc2)S1. The van der Waals surface area contributed by atoms with E-state index in [0.29, 0.717) is 23.3 Å². The Hall–Kier alpha value is -4.02. The van der Waals surface area contributed by atoms with Crippen LogP contribution < -0.4 is 10.2 Å². The molecule has 10 heteroatoms. The van der Waals surface area contributed by atoms with Crippen molar-refractivity contribution in [3.63, 3.8) is 0 Å². The minimum atomic E-state index is -0.321. The summed E-state index contributed by atoms with van der Waals surface area (Å²) in [5.74, 6) is 0.881. The lowest BCUT2D eigenvalue weighted by atomic mass is 9.98. The van der Waals surface area contributed by atoms with E-state index in [4.69, 9.17) is 4.74 Å². The van der Waals surface area contributed by atoms with Gasteiger partial charge in [0.1, 0.15) is 5.75 Å². The molecule has 0 saturated carbocycles. The zero-order valence-electron chi connectivity index (χ0n) is 19.7. The van der Waals surface area contributed by atoms with Crippen molar-refractivity contribution in [2.45, 2.75) is 25.3 Å². The number of H-pyrrole nitrogens is 1. The second kappa shape index (κ2) is 11.1. The van der Waals surface area contributed by atoms with E-state index in [9.17, 15) is 4.79 Å². The summed E-state index contributed by atoms with van der Waals surface area (Å²) in [6, 6.07) is 25.5. The minimum Gasteiger partial charge on any atom is -0.484 e. The summed E-state index contributed by atoms with van der Waals surface area (Å²) in [5.41, 5.74) is 7.51. The maximum Gasteiger partial charge on any atom is 0.286 e. The van der Waals surface area contributed by atoms with E-state index in [2.05, 4.69) is 62.2 Å². The molecule has 0 aliphatic carbocycles. The quantitative estimate of drug-likeness (QED) is 0.370. The molecule has 0 bridgehead atoms. The van der Waals surface area contributed by atoms with E-state index in [1.807, 2.05) is 59.6 Å². The molecule has 1 saturated heterocycles. The molecule has 1 aliphatic rings. The van der Waals surface area contributed by atoms with Gasteiger partial charge >= 0.3 is 0 Å². The van der Waals surface area contributed by atoms with Gasteiger partial charge in [-0.05, 0) is 40.5 Å². The maximum absolute atomic E-state index is 12.5. The number of nitrogens with one attached hydrogen (secondary N) is 2. The molecule has 1 unspecified atom stereocenters. The topological polar surface area (TPSA) is 108 Å². The number of nitrogens with zero attached hydrogens (tertiary/aromatic N) is 5. The summed E-state index contributed by atoms with van der Waals surface area (Å²) >= 11 is 1.55. The molecular formula is C26H25N7O2S. The number of amidine groups is 1. The molecule has 0 spiro atoms. The van der Waals surface area contributed by atoms with E-state index in [0.717, 1.165) is 28.7 Å². The van der Waals surface area contributed by atoms with Crippen LogP contribution in [0.5, 0.6) is 5.75 Å². The maximum atomic E-state index is 12.5. The Bertz CT molecular complexity index is 1330. The zero-order chi connectivity index (χ0) is 24.7. The third-order valence-corrected chi connectivity index (χ3v) is 6.84. The average Bonchev–Trinajstić information content (AvgIpc) is 3.59.